The fourth-order valence-electron chi connectivity index (χ4n) is 2.35. The number of para-hydroxylation sites is 1. The summed E-state index contributed by atoms with van der Waals surface area (Å²) in [5.74, 6) is -1.59. The van der Waals surface area contributed by atoms with Gasteiger partial charge in [-0.15, -0.1) is 0 Å². The number of carbonyl (C=O) groups is 2. The summed E-state index contributed by atoms with van der Waals surface area (Å²) in [7, 11) is 1.25. The second-order valence-electron chi connectivity index (χ2n) is 5.36. The van der Waals surface area contributed by atoms with E-state index in [0.29, 0.717) is 0 Å². The summed E-state index contributed by atoms with van der Waals surface area (Å²) in [6.07, 6.45) is -7.42. The molecule has 0 amide bonds. The molecule has 0 saturated carbocycles. The van der Waals surface area contributed by atoms with E-state index >= 15 is 0 Å². The predicted molar refractivity (Wildman–Crippen MR) is 81.3 cm³/mol. The Morgan fingerprint density at radius 1 is 1.12 bits per heavy atom. The van der Waals surface area contributed by atoms with Gasteiger partial charge in [-0.3, -0.25) is 9.59 Å². The van der Waals surface area contributed by atoms with Crippen molar-refractivity contribution >= 4 is 11.9 Å². The van der Waals surface area contributed by atoms with Crippen LogP contribution >= 0.6 is 0 Å². The van der Waals surface area contributed by atoms with Crippen molar-refractivity contribution in [3.8, 4) is 5.75 Å². The van der Waals surface area contributed by atoms with Crippen molar-refractivity contribution in [1.29, 1.82) is 0 Å². The zero-order valence-corrected chi connectivity index (χ0v) is 13.5. The Balaban J connectivity index is 1.94. The first kappa shape index (κ1) is 19.3. The minimum absolute atomic E-state index is 0.270. The van der Waals surface area contributed by atoms with Crippen LogP contribution in [-0.4, -0.2) is 71.7 Å². The Bertz CT molecular complexity index is 560. The van der Waals surface area contributed by atoms with Gasteiger partial charge in [0.1, 0.15) is 30.5 Å². The molecule has 9 nitrogen and oxygen atoms in total. The van der Waals surface area contributed by atoms with Gasteiger partial charge in [-0.1, -0.05) is 18.2 Å². The van der Waals surface area contributed by atoms with E-state index in [4.69, 9.17) is 18.9 Å². The number of benzene rings is 1. The van der Waals surface area contributed by atoms with Gasteiger partial charge < -0.3 is 34.3 Å². The first-order valence-electron chi connectivity index (χ1n) is 7.56. The number of hydrogen-bond donors (Lipinski definition) is 3. The molecule has 0 bridgehead atoms. The normalized spacial score (nSPS) is 29.0. The maximum absolute atomic E-state index is 11.9. The summed E-state index contributed by atoms with van der Waals surface area (Å²) in [6.45, 7) is -0.572. The zero-order valence-electron chi connectivity index (χ0n) is 13.5. The predicted octanol–water partition coefficient (Wildman–Crippen LogP) is -1.02. The van der Waals surface area contributed by atoms with Crippen LogP contribution in [0.4, 0.5) is 0 Å². The second-order valence-corrected chi connectivity index (χ2v) is 5.36. The van der Waals surface area contributed by atoms with Gasteiger partial charge in [0.05, 0.1) is 6.61 Å². The van der Waals surface area contributed by atoms with Gasteiger partial charge in [0, 0.05) is 7.11 Å². The molecule has 2 rings (SSSR count). The molecule has 138 valence electrons. The lowest BCUT2D eigenvalue weighted by molar-refractivity contribution is -0.297. The molecule has 1 heterocycles. The number of aliphatic hydroxyl groups is 3. The summed E-state index contributed by atoms with van der Waals surface area (Å²) in [5.41, 5.74) is 0. The Labute approximate surface area is 143 Å². The number of aliphatic hydroxyl groups excluding tert-OH is 3. The zero-order chi connectivity index (χ0) is 18.4. The third kappa shape index (κ3) is 4.97. The molecule has 0 aromatic heterocycles. The molecular formula is C16H20O9. The monoisotopic (exact) mass is 356 g/mol. The van der Waals surface area contributed by atoms with E-state index in [2.05, 4.69) is 0 Å². The topological polar surface area (TPSA) is 132 Å². The fourth-order valence-corrected chi connectivity index (χ4v) is 2.35. The number of hydrogen-bond acceptors (Lipinski definition) is 9. The van der Waals surface area contributed by atoms with Crippen molar-refractivity contribution in [2.75, 3.05) is 13.7 Å². The fraction of sp³-hybridized carbons (Fsp3) is 0.500. The molecular weight excluding hydrogens is 336 g/mol. The lowest BCUT2D eigenvalue weighted by Gasteiger charge is -2.40. The van der Waals surface area contributed by atoms with E-state index in [0.717, 1.165) is 0 Å². The molecule has 25 heavy (non-hydrogen) atoms. The number of carbonyl (C=O) groups excluding carboxylic acids is 2. The first-order chi connectivity index (χ1) is 12.0. The van der Waals surface area contributed by atoms with Crippen LogP contribution in [0.25, 0.3) is 0 Å². The Morgan fingerprint density at radius 2 is 1.80 bits per heavy atom. The molecule has 0 spiro atoms. The van der Waals surface area contributed by atoms with Crippen LogP contribution in [0, 0.1) is 0 Å². The van der Waals surface area contributed by atoms with E-state index < -0.39 is 55.7 Å². The summed E-state index contributed by atoms with van der Waals surface area (Å²) < 4.78 is 19.9. The smallest absolute Gasteiger partial charge is 0.322 e. The average molecular weight is 356 g/mol. The minimum Gasteiger partial charge on any atom is -0.456 e. The van der Waals surface area contributed by atoms with E-state index in [1.165, 1.54) is 7.11 Å². The van der Waals surface area contributed by atoms with Gasteiger partial charge in [0.25, 0.3) is 0 Å². The van der Waals surface area contributed by atoms with Gasteiger partial charge in [0.15, 0.2) is 12.4 Å². The highest BCUT2D eigenvalue weighted by Crippen LogP contribution is 2.24. The van der Waals surface area contributed by atoms with Crippen LogP contribution < -0.4 is 4.74 Å². The Morgan fingerprint density at radius 3 is 2.40 bits per heavy atom. The van der Waals surface area contributed by atoms with Crippen molar-refractivity contribution in [1.82, 2.24) is 0 Å². The van der Waals surface area contributed by atoms with Gasteiger partial charge in [0.2, 0.25) is 0 Å². The molecule has 1 saturated heterocycles. The quantitative estimate of drug-likeness (QED) is 0.333. The van der Waals surface area contributed by atoms with E-state index in [1.54, 1.807) is 30.3 Å². The Kier molecular flexibility index (Phi) is 6.85. The third-order valence-electron chi connectivity index (χ3n) is 3.59. The van der Waals surface area contributed by atoms with Crippen LogP contribution in [0.5, 0.6) is 5.75 Å². The lowest BCUT2D eigenvalue weighted by atomic mass is 9.99. The molecule has 5 atom stereocenters. The van der Waals surface area contributed by atoms with Gasteiger partial charge in [-0.25, -0.2) is 0 Å². The lowest BCUT2D eigenvalue weighted by Crippen LogP contribution is -2.60. The molecule has 0 aliphatic carbocycles. The number of methoxy groups -OCH3 is 1. The van der Waals surface area contributed by atoms with E-state index in [1.807, 2.05) is 0 Å². The second kappa shape index (κ2) is 8.88. The molecule has 0 radical (unpaired) electrons. The number of ether oxygens (including phenoxy) is 4. The largest absolute Gasteiger partial charge is 0.456 e. The van der Waals surface area contributed by atoms with E-state index in [-0.39, 0.29) is 5.75 Å². The highest BCUT2D eigenvalue weighted by molar-refractivity contribution is 5.92. The number of esters is 2. The molecule has 1 aromatic carbocycles. The summed E-state index contributed by atoms with van der Waals surface area (Å²) >= 11 is 0. The van der Waals surface area contributed by atoms with Gasteiger partial charge >= 0.3 is 11.9 Å². The van der Waals surface area contributed by atoms with Crippen molar-refractivity contribution < 1.29 is 43.9 Å². The van der Waals surface area contributed by atoms with Crippen LogP contribution in [0.3, 0.4) is 0 Å². The maximum atomic E-state index is 11.9. The highest BCUT2D eigenvalue weighted by atomic mass is 16.7. The molecule has 1 aliphatic rings. The van der Waals surface area contributed by atoms with Gasteiger partial charge in [-0.2, -0.15) is 0 Å². The summed E-state index contributed by atoms with van der Waals surface area (Å²) in [6, 6.07) is 8.16. The Hall–Kier alpha value is -2.04. The summed E-state index contributed by atoms with van der Waals surface area (Å²) in [5, 5.41) is 29.3. The summed E-state index contributed by atoms with van der Waals surface area (Å²) in [4.78, 5) is 23.6. The molecule has 1 fully saturated rings. The molecule has 1 aromatic rings. The van der Waals surface area contributed by atoms with Crippen molar-refractivity contribution in [2.24, 2.45) is 0 Å². The number of rotatable bonds is 6. The third-order valence-corrected chi connectivity index (χ3v) is 3.59. The van der Waals surface area contributed by atoms with Crippen molar-refractivity contribution in [3.05, 3.63) is 30.3 Å². The van der Waals surface area contributed by atoms with Crippen molar-refractivity contribution in [3.63, 3.8) is 0 Å². The maximum Gasteiger partial charge on any atom is 0.322 e. The average Bonchev–Trinajstić information content (AvgIpc) is 2.59. The van der Waals surface area contributed by atoms with Crippen molar-refractivity contribution in [2.45, 2.75) is 37.1 Å². The van der Waals surface area contributed by atoms with Crippen LogP contribution in [0.1, 0.15) is 6.42 Å². The first-order valence-corrected chi connectivity index (χ1v) is 7.56. The van der Waals surface area contributed by atoms with Gasteiger partial charge in [-0.05, 0) is 12.1 Å². The van der Waals surface area contributed by atoms with Crippen LogP contribution in [0.2, 0.25) is 0 Å². The molecule has 9 heteroatoms. The molecule has 1 aliphatic heterocycles. The van der Waals surface area contributed by atoms with E-state index in [9.17, 15) is 24.9 Å². The highest BCUT2D eigenvalue weighted by Gasteiger charge is 2.47. The van der Waals surface area contributed by atoms with Crippen LogP contribution in [0.15, 0.2) is 30.3 Å². The molecule has 0 unspecified atom stereocenters. The standard InChI is InChI=1S/C16H20O9/c1-22-16-14(21)15(13(20)10(8-17)24-16)25-12(19)7-11(18)23-9-5-3-2-4-6-9/h2-6,10,13-17,20-21H,7-8H2,1H3/t10-,13+,14-,15+,16-/m1/s1. The SMILES string of the molecule is CO[C@@H]1O[C@H](CO)[C@H](O)[C@H](OC(=O)CC(=O)Oc2ccccc2)[C@H]1O. The molecule has 3 N–H and O–H groups in total. The minimum atomic E-state index is -1.49. The van der Waals surface area contributed by atoms with Crippen LogP contribution in [-0.2, 0) is 23.8 Å².